The third kappa shape index (κ3) is 4.79. The fraction of sp³-hybridized carbons (Fsp3) is 0.667. The number of hydrogen-bond donors (Lipinski definition) is 0. The minimum absolute atomic E-state index is 0.295. The largest absolute Gasteiger partial charge is 0.299 e. The lowest BCUT2D eigenvalue weighted by Crippen LogP contribution is -2.29. The number of carbonyl (C=O) groups is 1. The Morgan fingerprint density at radius 1 is 1.18 bits per heavy atom. The zero-order valence-electron chi connectivity index (χ0n) is 11.8. The number of allylic oxidation sites excluding steroid dienone is 3. The SMILES string of the molecule is C=C(C)C(C)(CCC(C)=C(C)C)C(=O)CCBr. The van der Waals surface area contributed by atoms with Crippen LogP contribution in [0.4, 0.5) is 0 Å². The molecule has 0 heterocycles. The summed E-state index contributed by atoms with van der Waals surface area (Å²) in [4.78, 5) is 12.2. The maximum Gasteiger partial charge on any atom is 0.143 e. The highest BCUT2D eigenvalue weighted by Gasteiger charge is 2.32. The first-order valence-corrected chi connectivity index (χ1v) is 7.26. The highest BCUT2D eigenvalue weighted by Crippen LogP contribution is 2.35. The van der Waals surface area contributed by atoms with Crippen LogP contribution in [0.1, 0.15) is 53.9 Å². The molecule has 0 saturated carbocycles. The van der Waals surface area contributed by atoms with Gasteiger partial charge in [-0.1, -0.05) is 39.2 Å². The van der Waals surface area contributed by atoms with Crippen LogP contribution in [0.25, 0.3) is 0 Å². The van der Waals surface area contributed by atoms with E-state index in [0.717, 1.165) is 23.7 Å². The molecule has 0 saturated heterocycles. The summed E-state index contributed by atoms with van der Waals surface area (Å²) < 4.78 is 0. The van der Waals surface area contributed by atoms with E-state index in [4.69, 9.17) is 0 Å². The van der Waals surface area contributed by atoms with Gasteiger partial charge in [0.1, 0.15) is 5.78 Å². The first-order chi connectivity index (χ1) is 7.75. The maximum atomic E-state index is 12.2. The van der Waals surface area contributed by atoms with E-state index in [9.17, 15) is 4.79 Å². The Bertz CT molecular complexity index is 324. The van der Waals surface area contributed by atoms with Gasteiger partial charge in [0, 0.05) is 17.2 Å². The molecule has 2 heteroatoms. The Morgan fingerprint density at radius 2 is 1.71 bits per heavy atom. The fourth-order valence-corrected chi connectivity index (χ4v) is 2.00. The lowest BCUT2D eigenvalue weighted by Gasteiger charge is -2.29. The molecule has 0 aliphatic carbocycles. The van der Waals surface area contributed by atoms with E-state index >= 15 is 0 Å². The molecular formula is C15H25BrO. The number of ketones is 1. The number of carbonyl (C=O) groups excluding carboxylic acids is 1. The van der Waals surface area contributed by atoms with Crippen LogP contribution in [0, 0.1) is 5.41 Å². The minimum Gasteiger partial charge on any atom is -0.299 e. The van der Waals surface area contributed by atoms with Gasteiger partial charge in [-0.25, -0.2) is 0 Å². The van der Waals surface area contributed by atoms with Crippen LogP contribution in [0.15, 0.2) is 23.3 Å². The molecular weight excluding hydrogens is 276 g/mol. The van der Waals surface area contributed by atoms with Crippen molar-refractivity contribution in [3.63, 3.8) is 0 Å². The smallest absolute Gasteiger partial charge is 0.143 e. The van der Waals surface area contributed by atoms with Gasteiger partial charge in [-0.2, -0.15) is 0 Å². The topological polar surface area (TPSA) is 17.1 Å². The molecule has 0 aromatic carbocycles. The van der Waals surface area contributed by atoms with Gasteiger partial charge in [0.05, 0.1) is 0 Å². The van der Waals surface area contributed by atoms with Gasteiger partial charge in [0.25, 0.3) is 0 Å². The predicted octanol–water partition coefficient (Wildman–Crippen LogP) is 5.06. The monoisotopic (exact) mass is 300 g/mol. The zero-order valence-corrected chi connectivity index (χ0v) is 13.4. The summed E-state index contributed by atoms with van der Waals surface area (Å²) in [6.45, 7) is 14.4. The Morgan fingerprint density at radius 3 is 2.06 bits per heavy atom. The van der Waals surface area contributed by atoms with Crippen molar-refractivity contribution in [1.29, 1.82) is 0 Å². The molecule has 0 amide bonds. The van der Waals surface area contributed by atoms with Crippen LogP contribution in [-0.4, -0.2) is 11.1 Å². The predicted molar refractivity (Wildman–Crippen MR) is 79.6 cm³/mol. The third-order valence-corrected chi connectivity index (χ3v) is 4.13. The van der Waals surface area contributed by atoms with E-state index in [1.807, 2.05) is 13.8 Å². The average Bonchev–Trinajstić information content (AvgIpc) is 2.24. The van der Waals surface area contributed by atoms with Crippen LogP contribution in [0.2, 0.25) is 0 Å². The Hall–Kier alpha value is -0.370. The molecule has 0 aromatic heterocycles. The fourth-order valence-electron chi connectivity index (χ4n) is 1.64. The molecule has 1 unspecified atom stereocenters. The Labute approximate surface area is 114 Å². The summed E-state index contributed by atoms with van der Waals surface area (Å²) in [6.07, 6.45) is 2.42. The number of rotatable bonds is 7. The van der Waals surface area contributed by atoms with E-state index in [1.165, 1.54) is 11.1 Å². The van der Waals surface area contributed by atoms with Crippen molar-refractivity contribution >= 4 is 21.7 Å². The van der Waals surface area contributed by atoms with Gasteiger partial charge in [-0.3, -0.25) is 4.79 Å². The molecule has 1 atom stereocenters. The zero-order chi connectivity index (χ0) is 13.6. The second-order valence-electron chi connectivity index (χ2n) is 5.25. The first kappa shape index (κ1) is 16.6. The number of Topliss-reactive ketones (excluding diaryl/α,β-unsaturated/α-hetero) is 1. The van der Waals surface area contributed by atoms with Crippen molar-refractivity contribution in [1.82, 2.24) is 0 Å². The second-order valence-corrected chi connectivity index (χ2v) is 6.05. The van der Waals surface area contributed by atoms with Crippen molar-refractivity contribution in [3.05, 3.63) is 23.3 Å². The number of alkyl halides is 1. The second kappa shape index (κ2) is 7.15. The van der Waals surface area contributed by atoms with Crippen molar-refractivity contribution in [3.8, 4) is 0 Å². The molecule has 17 heavy (non-hydrogen) atoms. The summed E-state index contributed by atoms with van der Waals surface area (Å²) in [5.74, 6) is 0.295. The normalized spacial score (nSPS) is 14.0. The molecule has 98 valence electrons. The average molecular weight is 301 g/mol. The molecule has 0 rings (SSSR count). The van der Waals surface area contributed by atoms with Crippen LogP contribution < -0.4 is 0 Å². The van der Waals surface area contributed by atoms with Crippen LogP contribution in [-0.2, 0) is 4.79 Å². The lowest BCUT2D eigenvalue weighted by molar-refractivity contribution is -0.125. The molecule has 0 radical (unpaired) electrons. The van der Waals surface area contributed by atoms with Crippen molar-refractivity contribution in [2.45, 2.75) is 53.9 Å². The molecule has 0 aliphatic rings. The lowest BCUT2D eigenvalue weighted by atomic mass is 9.74. The Balaban J connectivity index is 4.81. The molecule has 0 aromatic rings. The summed E-state index contributed by atoms with van der Waals surface area (Å²) in [6, 6.07) is 0. The molecule has 0 spiro atoms. The van der Waals surface area contributed by atoms with Crippen LogP contribution >= 0.6 is 15.9 Å². The highest BCUT2D eigenvalue weighted by molar-refractivity contribution is 9.09. The summed E-state index contributed by atoms with van der Waals surface area (Å²) in [7, 11) is 0. The number of halogens is 1. The third-order valence-electron chi connectivity index (χ3n) is 3.73. The van der Waals surface area contributed by atoms with E-state index in [1.54, 1.807) is 0 Å². The van der Waals surface area contributed by atoms with Gasteiger partial charge in [0.2, 0.25) is 0 Å². The van der Waals surface area contributed by atoms with E-state index < -0.39 is 0 Å². The van der Waals surface area contributed by atoms with Gasteiger partial charge >= 0.3 is 0 Å². The highest BCUT2D eigenvalue weighted by atomic mass is 79.9. The standard InChI is InChI=1S/C15H25BrO/c1-11(2)13(5)7-9-15(6,12(3)4)14(17)8-10-16/h3,7-10H2,1-2,4-6H3. The van der Waals surface area contributed by atoms with Crippen molar-refractivity contribution in [2.24, 2.45) is 5.41 Å². The van der Waals surface area contributed by atoms with Gasteiger partial charge in [0.15, 0.2) is 0 Å². The summed E-state index contributed by atoms with van der Waals surface area (Å²) in [5.41, 5.74) is 3.33. The molecule has 0 bridgehead atoms. The minimum atomic E-state index is -0.371. The molecule has 0 fully saturated rings. The van der Waals surface area contributed by atoms with E-state index in [-0.39, 0.29) is 5.41 Å². The van der Waals surface area contributed by atoms with Gasteiger partial charge in [-0.05, 0) is 47.5 Å². The van der Waals surface area contributed by atoms with Crippen LogP contribution in [0.5, 0.6) is 0 Å². The summed E-state index contributed by atoms with van der Waals surface area (Å²) >= 11 is 3.34. The van der Waals surface area contributed by atoms with E-state index in [0.29, 0.717) is 12.2 Å². The van der Waals surface area contributed by atoms with Crippen LogP contribution in [0.3, 0.4) is 0 Å². The molecule has 1 nitrogen and oxygen atoms in total. The Kier molecular flexibility index (Phi) is 6.99. The molecule has 0 aliphatic heterocycles. The quantitative estimate of drug-likeness (QED) is 0.474. The maximum absolute atomic E-state index is 12.2. The first-order valence-electron chi connectivity index (χ1n) is 6.14. The van der Waals surface area contributed by atoms with Crippen molar-refractivity contribution < 1.29 is 4.79 Å². The van der Waals surface area contributed by atoms with E-state index in [2.05, 4.69) is 43.3 Å². The van der Waals surface area contributed by atoms with Gasteiger partial charge in [-0.15, -0.1) is 0 Å². The van der Waals surface area contributed by atoms with Gasteiger partial charge < -0.3 is 0 Å². The summed E-state index contributed by atoms with van der Waals surface area (Å²) in [5, 5.41) is 0.732. The number of hydrogen-bond acceptors (Lipinski definition) is 1. The van der Waals surface area contributed by atoms with Crippen molar-refractivity contribution in [2.75, 3.05) is 5.33 Å². The molecule has 0 N–H and O–H groups in total.